The molecule has 1 unspecified atom stereocenters. The molecule has 0 saturated heterocycles. The van der Waals surface area contributed by atoms with Gasteiger partial charge in [-0.25, -0.2) is 4.57 Å². The maximum absolute atomic E-state index is 11.7. The van der Waals surface area contributed by atoms with E-state index < -0.39 is 7.82 Å². The monoisotopic (exact) mass is 719 g/mol. The fourth-order valence-corrected chi connectivity index (χ4v) is 5.77. The molecule has 0 rings (SSSR count). The smallest absolute Gasteiger partial charge is 0.356 e. The Bertz CT molecular complexity index is 908. The molecular weight excluding hydrogens is 643 g/mol. The molecular formula is C38H75N2O8P. The summed E-state index contributed by atoms with van der Waals surface area (Å²) in [7, 11) is -3.91. The third-order valence-electron chi connectivity index (χ3n) is 7.96. The van der Waals surface area contributed by atoms with Crippen LogP contribution in [0.5, 0.6) is 0 Å². The van der Waals surface area contributed by atoms with Gasteiger partial charge in [0.05, 0.1) is 12.7 Å². The highest BCUT2D eigenvalue weighted by Gasteiger charge is 2.22. The normalized spacial score (nSPS) is 12.6. The van der Waals surface area contributed by atoms with Gasteiger partial charge in [-0.15, -0.1) is 0 Å². The number of unbranched alkanes of at least 4 members (excludes halogenated alkanes) is 10. The molecule has 0 radical (unpaired) electrons. The molecule has 0 aromatic rings. The van der Waals surface area contributed by atoms with Crippen molar-refractivity contribution >= 4 is 31.2 Å². The number of Topliss-reactive ketones (excluding diaryl/α,β-unsaturated/α-hetero) is 2. The van der Waals surface area contributed by atoms with E-state index in [2.05, 4.69) is 24.5 Å². The van der Waals surface area contributed by atoms with Gasteiger partial charge in [-0.05, 0) is 64.7 Å². The van der Waals surface area contributed by atoms with Crippen LogP contribution in [0.15, 0.2) is 0 Å². The minimum atomic E-state index is -3.91. The molecule has 0 aliphatic rings. The van der Waals surface area contributed by atoms with Crippen molar-refractivity contribution in [1.29, 1.82) is 0 Å². The van der Waals surface area contributed by atoms with E-state index in [0.29, 0.717) is 44.4 Å². The third-order valence-corrected chi connectivity index (χ3v) is 9.16. The lowest BCUT2D eigenvalue weighted by Gasteiger charge is -2.14. The zero-order valence-electron chi connectivity index (χ0n) is 32.6. The van der Waals surface area contributed by atoms with Crippen molar-refractivity contribution < 1.29 is 37.7 Å². The van der Waals surface area contributed by atoms with E-state index in [1.807, 2.05) is 27.7 Å². The molecule has 0 aliphatic carbocycles. The van der Waals surface area contributed by atoms with Crippen molar-refractivity contribution in [2.24, 2.45) is 17.8 Å². The number of amides is 2. The largest absolute Gasteiger partial charge is 0.472 e. The van der Waals surface area contributed by atoms with Crippen molar-refractivity contribution in [2.45, 2.75) is 183 Å². The Balaban J connectivity index is 0. The minimum Gasteiger partial charge on any atom is -0.356 e. The molecule has 10 nitrogen and oxygen atoms in total. The van der Waals surface area contributed by atoms with E-state index >= 15 is 0 Å². The summed E-state index contributed by atoms with van der Waals surface area (Å²) in [6, 6.07) is 0. The van der Waals surface area contributed by atoms with Gasteiger partial charge in [-0.1, -0.05) is 92.9 Å². The second-order valence-electron chi connectivity index (χ2n) is 14.5. The molecule has 0 aliphatic heterocycles. The maximum Gasteiger partial charge on any atom is 0.472 e. The van der Waals surface area contributed by atoms with Crippen LogP contribution in [-0.4, -0.2) is 54.1 Å². The summed E-state index contributed by atoms with van der Waals surface area (Å²) >= 11 is 0. The summed E-state index contributed by atoms with van der Waals surface area (Å²) in [5.74, 6) is 1.75. The first-order valence-corrected chi connectivity index (χ1v) is 20.8. The number of phosphoric acid groups is 1. The van der Waals surface area contributed by atoms with Gasteiger partial charge < -0.3 is 15.5 Å². The molecule has 11 heteroatoms. The average molecular weight is 719 g/mol. The molecule has 0 aromatic carbocycles. The summed E-state index contributed by atoms with van der Waals surface area (Å²) in [4.78, 5) is 55.6. The second-order valence-corrected chi connectivity index (χ2v) is 15.9. The SMILES string of the molecule is CC(C)CCCCCCCNC(=O)CCCCC(=O)C(C)C.CC(C)OP(=O)(O)OCCCCCCCNC(=O)CCCCC(=O)C(C)C. The first-order valence-electron chi connectivity index (χ1n) is 19.3. The molecule has 0 saturated carbocycles. The number of phosphoric ester groups is 1. The van der Waals surface area contributed by atoms with Crippen LogP contribution in [0.25, 0.3) is 0 Å². The molecule has 0 spiro atoms. The molecule has 0 bridgehead atoms. The fraction of sp³-hybridized carbons (Fsp3) is 0.895. The number of hydrogen-bond acceptors (Lipinski definition) is 7. The Morgan fingerprint density at radius 1 is 0.551 bits per heavy atom. The van der Waals surface area contributed by atoms with Crippen LogP contribution in [0.1, 0.15) is 177 Å². The number of carbonyl (C=O) groups excluding carboxylic acids is 4. The molecule has 290 valence electrons. The summed E-state index contributed by atoms with van der Waals surface area (Å²) in [5, 5.41) is 5.88. The number of ketones is 2. The highest BCUT2D eigenvalue weighted by Crippen LogP contribution is 2.44. The van der Waals surface area contributed by atoms with Crippen LogP contribution in [0.4, 0.5) is 0 Å². The van der Waals surface area contributed by atoms with Crippen LogP contribution < -0.4 is 10.6 Å². The Labute approximate surface area is 300 Å². The molecule has 1 atom stereocenters. The summed E-state index contributed by atoms with van der Waals surface area (Å²) in [6.07, 6.45) is 17.1. The van der Waals surface area contributed by atoms with Crippen LogP contribution in [-0.2, 0) is 32.8 Å². The minimum absolute atomic E-state index is 0.0456. The average Bonchev–Trinajstić information content (AvgIpc) is 3.01. The Morgan fingerprint density at radius 3 is 1.35 bits per heavy atom. The van der Waals surface area contributed by atoms with E-state index in [1.54, 1.807) is 13.8 Å². The van der Waals surface area contributed by atoms with Crippen molar-refractivity contribution in [1.82, 2.24) is 10.6 Å². The number of nitrogens with one attached hydrogen (secondary N) is 2. The maximum atomic E-state index is 11.7. The number of hydrogen-bond donors (Lipinski definition) is 3. The topological polar surface area (TPSA) is 148 Å². The van der Waals surface area contributed by atoms with Gasteiger partial charge in [0.15, 0.2) is 0 Å². The van der Waals surface area contributed by atoms with Crippen molar-refractivity contribution in [3.8, 4) is 0 Å². The fourth-order valence-electron chi connectivity index (χ4n) is 4.82. The molecule has 2 amide bonds. The summed E-state index contributed by atoms with van der Waals surface area (Å²) in [6.45, 7) is 17.2. The van der Waals surface area contributed by atoms with Crippen LogP contribution in [0.2, 0.25) is 0 Å². The molecule has 0 aromatic heterocycles. The van der Waals surface area contributed by atoms with Gasteiger partial charge in [0.2, 0.25) is 11.8 Å². The third kappa shape index (κ3) is 37.5. The van der Waals surface area contributed by atoms with Gasteiger partial charge in [-0.3, -0.25) is 28.2 Å². The zero-order valence-corrected chi connectivity index (χ0v) is 33.5. The summed E-state index contributed by atoms with van der Waals surface area (Å²) in [5.41, 5.74) is 0. The summed E-state index contributed by atoms with van der Waals surface area (Å²) < 4.78 is 21.2. The van der Waals surface area contributed by atoms with Crippen LogP contribution in [0, 0.1) is 17.8 Å². The predicted octanol–water partition coefficient (Wildman–Crippen LogP) is 9.27. The predicted molar refractivity (Wildman–Crippen MR) is 200 cm³/mol. The van der Waals surface area contributed by atoms with Gasteiger partial charge in [-0.2, -0.15) is 0 Å². The van der Waals surface area contributed by atoms with Gasteiger partial charge in [0, 0.05) is 50.6 Å². The Morgan fingerprint density at radius 2 is 0.939 bits per heavy atom. The first-order chi connectivity index (χ1) is 23.1. The Kier molecular flexibility index (Phi) is 32.6. The van der Waals surface area contributed by atoms with Crippen molar-refractivity contribution in [2.75, 3.05) is 19.7 Å². The standard InChI is InChI=1S/C19H38NO6P.C19H37NO2/c1-16(2)18(21)12-8-9-13-19(22)20-14-10-6-5-7-11-15-25-27(23,24)26-17(3)4;1-16(2)12-8-6-5-7-11-15-20-19(22)14-10-9-13-18(21)17(3)4/h16-17H,5-15H2,1-4H3,(H,20,22)(H,23,24);16-17H,5-15H2,1-4H3,(H,20,22). The van der Waals surface area contributed by atoms with Gasteiger partial charge in [0.1, 0.15) is 11.6 Å². The zero-order chi connectivity index (χ0) is 37.5. The number of rotatable bonds is 31. The van der Waals surface area contributed by atoms with Crippen molar-refractivity contribution in [3.63, 3.8) is 0 Å². The lowest BCUT2D eigenvalue weighted by molar-refractivity contribution is -0.123. The van der Waals surface area contributed by atoms with Crippen molar-refractivity contribution in [3.05, 3.63) is 0 Å². The van der Waals surface area contributed by atoms with E-state index in [-0.39, 0.29) is 42.1 Å². The number of carbonyl (C=O) groups is 4. The molecule has 0 fully saturated rings. The second kappa shape index (κ2) is 32.3. The van der Waals surface area contributed by atoms with Crippen LogP contribution in [0.3, 0.4) is 0 Å². The molecule has 49 heavy (non-hydrogen) atoms. The molecule has 3 N–H and O–H groups in total. The van der Waals surface area contributed by atoms with Gasteiger partial charge >= 0.3 is 7.82 Å². The van der Waals surface area contributed by atoms with E-state index in [0.717, 1.165) is 70.3 Å². The lowest BCUT2D eigenvalue weighted by atomic mass is 10.0. The van der Waals surface area contributed by atoms with E-state index in [1.165, 1.54) is 32.1 Å². The van der Waals surface area contributed by atoms with E-state index in [9.17, 15) is 28.6 Å². The van der Waals surface area contributed by atoms with Gasteiger partial charge in [0.25, 0.3) is 0 Å². The Hall–Kier alpha value is -1.61. The van der Waals surface area contributed by atoms with Crippen LogP contribution >= 0.6 is 7.82 Å². The lowest BCUT2D eigenvalue weighted by Crippen LogP contribution is -2.24. The highest BCUT2D eigenvalue weighted by atomic mass is 31.2. The highest BCUT2D eigenvalue weighted by molar-refractivity contribution is 7.47. The quantitative estimate of drug-likeness (QED) is 0.0475. The molecule has 0 heterocycles. The first kappa shape index (κ1) is 49.5. The van der Waals surface area contributed by atoms with E-state index in [4.69, 9.17) is 9.05 Å².